The minimum atomic E-state index is -0.411. The van der Waals surface area contributed by atoms with Crippen molar-refractivity contribution in [2.24, 2.45) is 0 Å². The molecule has 2 heterocycles. The molecular formula is C14H18N2O3S. The number of hydrogen-bond acceptors (Lipinski definition) is 4. The predicted octanol–water partition coefficient (Wildman–Crippen LogP) is 2.29. The Labute approximate surface area is 123 Å². The number of hydrogen-bond donors (Lipinski definition) is 1. The summed E-state index contributed by atoms with van der Waals surface area (Å²) in [4.78, 5) is 14.0. The SMILES string of the molecule is CCOC(=O)C1=C(C)N(C)C(=S)NC1c1ccc(C)o1. The number of nitrogens with one attached hydrogen (secondary N) is 1. The van der Waals surface area contributed by atoms with Crippen molar-refractivity contribution < 1.29 is 13.9 Å². The number of furan rings is 1. The molecule has 0 aromatic carbocycles. The van der Waals surface area contributed by atoms with E-state index < -0.39 is 6.04 Å². The number of allylic oxidation sites excluding steroid dienone is 1. The minimum Gasteiger partial charge on any atom is -0.464 e. The number of carbonyl (C=O) groups is 1. The number of carbonyl (C=O) groups excluding carboxylic acids is 1. The minimum absolute atomic E-state index is 0.327. The van der Waals surface area contributed by atoms with Crippen LogP contribution in [0.5, 0.6) is 0 Å². The van der Waals surface area contributed by atoms with E-state index in [0.29, 0.717) is 23.1 Å². The van der Waals surface area contributed by atoms with Gasteiger partial charge in [0.25, 0.3) is 0 Å². The molecule has 0 radical (unpaired) electrons. The highest BCUT2D eigenvalue weighted by molar-refractivity contribution is 7.80. The Morgan fingerprint density at radius 2 is 2.20 bits per heavy atom. The first-order valence-corrected chi connectivity index (χ1v) is 6.85. The standard InChI is InChI=1S/C14H18N2O3S/c1-5-18-13(17)11-9(3)16(4)14(20)15-12(11)10-7-6-8(2)19-10/h6-7,12H,5H2,1-4H3,(H,15,20). The van der Waals surface area contributed by atoms with Gasteiger partial charge in [0.1, 0.15) is 17.6 Å². The van der Waals surface area contributed by atoms with Crippen LogP contribution in [0.1, 0.15) is 31.4 Å². The second-order valence-electron chi connectivity index (χ2n) is 4.61. The highest BCUT2D eigenvalue weighted by Crippen LogP contribution is 2.31. The molecule has 1 aliphatic heterocycles. The number of thiocarbonyl (C=S) groups is 1. The third-order valence-corrected chi connectivity index (χ3v) is 3.69. The molecule has 108 valence electrons. The van der Waals surface area contributed by atoms with Crippen LogP contribution in [0.4, 0.5) is 0 Å². The van der Waals surface area contributed by atoms with Crippen LogP contribution in [-0.2, 0) is 9.53 Å². The molecule has 6 heteroatoms. The van der Waals surface area contributed by atoms with E-state index in [4.69, 9.17) is 21.4 Å². The van der Waals surface area contributed by atoms with Gasteiger partial charge < -0.3 is 19.4 Å². The van der Waals surface area contributed by atoms with E-state index in [1.54, 1.807) is 11.8 Å². The highest BCUT2D eigenvalue weighted by Gasteiger charge is 2.35. The lowest BCUT2D eigenvalue weighted by Crippen LogP contribution is -2.46. The van der Waals surface area contributed by atoms with Crippen molar-refractivity contribution in [3.05, 3.63) is 34.9 Å². The smallest absolute Gasteiger partial charge is 0.338 e. The molecule has 0 amide bonds. The Morgan fingerprint density at radius 1 is 1.50 bits per heavy atom. The van der Waals surface area contributed by atoms with Crippen LogP contribution in [0, 0.1) is 6.92 Å². The largest absolute Gasteiger partial charge is 0.464 e. The molecule has 0 spiro atoms. The Kier molecular flexibility index (Phi) is 4.13. The van der Waals surface area contributed by atoms with Crippen LogP contribution in [0.3, 0.4) is 0 Å². The lowest BCUT2D eigenvalue weighted by molar-refractivity contribution is -0.139. The molecule has 2 rings (SSSR count). The molecule has 1 aromatic rings. The highest BCUT2D eigenvalue weighted by atomic mass is 32.1. The Balaban J connectivity index is 2.47. The van der Waals surface area contributed by atoms with Gasteiger partial charge in [-0.25, -0.2) is 4.79 Å². The first kappa shape index (κ1) is 14.6. The molecule has 0 saturated heterocycles. The molecule has 1 N–H and O–H groups in total. The molecular weight excluding hydrogens is 276 g/mol. The first-order valence-electron chi connectivity index (χ1n) is 6.44. The molecule has 1 atom stereocenters. The van der Waals surface area contributed by atoms with Gasteiger partial charge >= 0.3 is 5.97 Å². The van der Waals surface area contributed by atoms with Crippen LogP contribution in [-0.4, -0.2) is 29.6 Å². The number of nitrogens with zero attached hydrogens (tertiary/aromatic N) is 1. The van der Waals surface area contributed by atoms with Crippen LogP contribution >= 0.6 is 12.2 Å². The van der Waals surface area contributed by atoms with E-state index in [9.17, 15) is 4.79 Å². The monoisotopic (exact) mass is 294 g/mol. The summed E-state index contributed by atoms with van der Waals surface area (Å²) in [6.07, 6.45) is 0. The van der Waals surface area contributed by atoms with Crippen LogP contribution in [0.15, 0.2) is 27.8 Å². The van der Waals surface area contributed by atoms with Gasteiger partial charge in [-0.1, -0.05) is 0 Å². The first-order chi connectivity index (χ1) is 9.45. The van der Waals surface area contributed by atoms with Crippen molar-refractivity contribution in [1.29, 1.82) is 0 Å². The summed E-state index contributed by atoms with van der Waals surface area (Å²) in [7, 11) is 1.81. The van der Waals surface area contributed by atoms with Crippen molar-refractivity contribution in [2.45, 2.75) is 26.8 Å². The maximum atomic E-state index is 12.2. The lowest BCUT2D eigenvalue weighted by atomic mass is 10.0. The van der Waals surface area contributed by atoms with E-state index in [-0.39, 0.29) is 5.97 Å². The summed E-state index contributed by atoms with van der Waals surface area (Å²) < 4.78 is 10.8. The fourth-order valence-corrected chi connectivity index (χ4v) is 2.39. The van der Waals surface area contributed by atoms with E-state index in [0.717, 1.165) is 11.5 Å². The van der Waals surface area contributed by atoms with Crippen LogP contribution < -0.4 is 5.32 Å². The van der Waals surface area contributed by atoms with Gasteiger partial charge in [-0.2, -0.15) is 0 Å². The van der Waals surface area contributed by atoms with E-state index in [1.807, 2.05) is 33.0 Å². The van der Waals surface area contributed by atoms with Crippen LogP contribution in [0.2, 0.25) is 0 Å². The Bertz CT molecular complexity index is 577. The van der Waals surface area contributed by atoms with Crippen molar-refractivity contribution >= 4 is 23.3 Å². The number of esters is 1. The molecule has 0 aliphatic carbocycles. The third kappa shape index (κ3) is 2.56. The zero-order valence-electron chi connectivity index (χ0n) is 12.0. The molecule has 5 nitrogen and oxygen atoms in total. The van der Waals surface area contributed by atoms with Crippen molar-refractivity contribution in [2.75, 3.05) is 13.7 Å². The normalized spacial score (nSPS) is 19.1. The molecule has 0 fully saturated rings. The quantitative estimate of drug-likeness (QED) is 0.682. The molecule has 1 aromatic heterocycles. The third-order valence-electron chi connectivity index (χ3n) is 3.30. The summed E-state index contributed by atoms with van der Waals surface area (Å²) in [6, 6.07) is 3.29. The summed E-state index contributed by atoms with van der Waals surface area (Å²) >= 11 is 5.28. The van der Waals surface area contributed by atoms with Crippen molar-refractivity contribution in [1.82, 2.24) is 10.2 Å². The maximum absolute atomic E-state index is 12.2. The van der Waals surface area contributed by atoms with Gasteiger partial charge in [-0.05, 0) is 45.1 Å². The van der Waals surface area contributed by atoms with E-state index in [2.05, 4.69) is 5.32 Å². The maximum Gasteiger partial charge on any atom is 0.338 e. The van der Waals surface area contributed by atoms with E-state index in [1.165, 1.54) is 0 Å². The van der Waals surface area contributed by atoms with Gasteiger partial charge in [0.05, 0.1) is 12.2 Å². The fraction of sp³-hybridized carbons (Fsp3) is 0.429. The second-order valence-corrected chi connectivity index (χ2v) is 5.00. The summed E-state index contributed by atoms with van der Waals surface area (Å²) in [5.74, 6) is 1.08. The zero-order valence-corrected chi connectivity index (χ0v) is 12.8. The topological polar surface area (TPSA) is 54.7 Å². The number of aryl methyl sites for hydroxylation is 1. The molecule has 20 heavy (non-hydrogen) atoms. The number of rotatable bonds is 3. The van der Waals surface area contributed by atoms with Crippen molar-refractivity contribution in [3.8, 4) is 0 Å². The molecule has 1 aliphatic rings. The number of ether oxygens (including phenoxy) is 1. The zero-order chi connectivity index (χ0) is 14.9. The average Bonchev–Trinajstić information content (AvgIpc) is 2.82. The molecule has 0 saturated carbocycles. The van der Waals surface area contributed by atoms with Crippen molar-refractivity contribution in [3.63, 3.8) is 0 Å². The summed E-state index contributed by atoms with van der Waals surface area (Å²) in [5, 5.41) is 3.67. The second kappa shape index (κ2) is 5.66. The van der Waals surface area contributed by atoms with E-state index >= 15 is 0 Å². The van der Waals surface area contributed by atoms with Gasteiger partial charge in [0.2, 0.25) is 0 Å². The average molecular weight is 294 g/mol. The van der Waals surface area contributed by atoms with Gasteiger partial charge in [-0.15, -0.1) is 0 Å². The summed E-state index contributed by atoms with van der Waals surface area (Å²) in [5.41, 5.74) is 1.29. The van der Waals surface area contributed by atoms with Gasteiger partial charge in [-0.3, -0.25) is 0 Å². The Hall–Kier alpha value is -1.82. The van der Waals surface area contributed by atoms with Crippen LogP contribution in [0.25, 0.3) is 0 Å². The Morgan fingerprint density at radius 3 is 2.75 bits per heavy atom. The van der Waals surface area contributed by atoms with Gasteiger partial charge in [0, 0.05) is 12.7 Å². The summed E-state index contributed by atoms with van der Waals surface area (Å²) in [6.45, 7) is 5.82. The van der Waals surface area contributed by atoms with Gasteiger partial charge in [0.15, 0.2) is 5.11 Å². The lowest BCUT2D eigenvalue weighted by Gasteiger charge is -2.34. The molecule has 1 unspecified atom stereocenters. The fourth-order valence-electron chi connectivity index (χ4n) is 2.13. The molecule has 0 bridgehead atoms. The predicted molar refractivity (Wildman–Crippen MR) is 79.0 cm³/mol.